The Morgan fingerprint density at radius 3 is 2.67 bits per heavy atom. The van der Waals surface area contributed by atoms with Gasteiger partial charge in [0.15, 0.2) is 5.01 Å². The number of fused-ring (bicyclic) bond motifs is 1. The number of carbonyl (C=O) groups is 5. The molecule has 11 nitrogen and oxygen atoms in total. The number of nitrogens with zero attached hydrogens (tertiary/aromatic N) is 2. The van der Waals surface area contributed by atoms with Gasteiger partial charge in [-0.1, -0.05) is 30.3 Å². The van der Waals surface area contributed by atoms with Crippen LogP contribution in [-0.4, -0.2) is 75.2 Å². The predicted molar refractivity (Wildman–Crippen MR) is 148 cm³/mol. The molecule has 0 spiro atoms. The zero-order valence-electron chi connectivity index (χ0n) is 21.3. The van der Waals surface area contributed by atoms with Crippen molar-refractivity contribution in [2.75, 3.05) is 12.3 Å². The predicted octanol–water partition coefficient (Wildman–Crippen LogP) is 1.44. The summed E-state index contributed by atoms with van der Waals surface area (Å²) in [6.45, 7) is 0.254. The summed E-state index contributed by atoms with van der Waals surface area (Å²) in [5, 5.41) is 9.95. The number of amides is 5. The smallest absolute Gasteiger partial charge is 0.312 e. The average molecular weight is 573 g/mol. The molecule has 2 saturated heterocycles. The van der Waals surface area contributed by atoms with Crippen LogP contribution in [-0.2, 0) is 20.8 Å². The maximum Gasteiger partial charge on any atom is 0.312 e. The molecule has 2 aromatic rings. The molecule has 2 fully saturated rings. The number of thioether (sulfide) groups is 1. The Morgan fingerprint density at radius 1 is 1.15 bits per heavy atom. The number of Topliss-reactive ketones (excluding diaryl/α,β-unsaturated/α-hetero) is 1. The molecule has 5 N–H and O–H groups in total. The minimum absolute atomic E-state index is 0.154. The molecule has 39 heavy (non-hydrogen) atoms. The fraction of sp³-hybridized carbons (Fsp3) is 0.462. The van der Waals surface area contributed by atoms with E-state index >= 15 is 0 Å². The first-order chi connectivity index (χ1) is 18.8. The van der Waals surface area contributed by atoms with Crippen LogP contribution in [0.3, 0.4) is 0 Å². The van der Waals surface area contributed by atoms with E-state index in [1.165, 1.54) is 29.3 Å². The standard InChI is InChI=1S/C26H32N6O5S2/c27-26(37)29-12-4-7-17(22(34)24-28-13-14-38-24)31-23(35)19-15-39-21-11-9-18(25(36)32(19)21)30-20(33)10-8-16-5-2-1-3-6-16/h1-3,5-6,13-14,17-19,21H,4,7-12,15H2,(H,30,33)(H,31,35)(H3,27,29,37)/t17?,18?,19-,21-/m0/s1. The van der Waals surface area contributed by atoms with Crippen LogP contribution >= 0.6 is 23.1 Å². The van der Waals surface area contributed by atoms with E-state index in [1.54, 1.807) is 10.3 Å². The Morgan fingerprint density at radius 2 is 1.95 bits per heavy atom. The zero-order chi connectivity index (χ0) is 27.8. The van der Waals surface area contributed by atoms with Gasteiger partial charge in [0.05, 0.1) is 11.4 Å². The SMILES string of the molecule is NC(=O)NCCCC(NC(=O)[C@@H]1CS[C@H]2CCC(NC(=O)CCc3ccccc3)C(=O)N21)C(=O)c1nccs1. The van der Waals surface area contributed by atoms with Crippen LogP contribution in [0.1, 0.15) is 47.5 Å². The van der Waals surface area contributed by atoms with Gasteiger partial charge >= 0.3 is 6.03 Å². The van der Waals surface area contributed by atoms with Gasteiger partial charge in [-0.05, 0) is 37.7 Å². The molecule has 2 unspecified atom stereocenters. The van der Waals surface area contributed by atoms with Gasteiger partial charge in [0.25, 0.3) is 0 Å². The van der Waals surface area contributed by atoms with E-state index in [0.29, 0.717) is 31.4 Å². The highest BCUT2D eigenvalue weighted by molar-refractivity contribution is 8.00. The minimum Gasteiger partial charge on any atom is -0.352 e. The molecule has 208 valence electrons. The highest BCUT2D eigenvalue weighted by atomic mass is 32.2. The number of ketones is 1. The number of nitrogens with two attached hydrogens (primary N) is 1. The van der Waals surface area contributed by atoms with E-state index in [1.807, 2.05) is 30.3 Å². The summed E-state index contributed by atoms with van der Waals surface area (Å²) < 4.78 is 0. The van der Waals surface area contributed by atoms with Gasteiger partial charge in [0.2, 0.25) is 23.5 Å². The fourth-order valence-corrected chi connectivity index (χ4v) is 6.81. The van der Waals surface area contributed by atoms with Crippen molar-refractivity contribution in [3.8, 4) is 0 Å². The van der Waals surface area contributed by atoms with Crippen molar-refractivity contribution < 1.29 is 24.0 Å². The monoisotopic (exact) mass is 572 g/mol. The molecule has 0 aliphatic carbocycles. The number of hydrogen-bond donors (Lipinski definition) is 4. The van der Waals surface area contributed by atoms with Gasteiger partial charge in [-0.15, -0.1) is 23.1 Å². The third kappa shape index (κ3) is 7.57. The maximum atomic E-state index is 13.4. The molecular formula is C26H32N6O5S2. The number of urea groups is 1. The Bertz CT molecular complexity index is 1180. The van der Waals surface area contributed by atoms with Gasteiger partial charge in [0.1, 0.15) is 12.1 Å². The van der Waals surface area contributed by atoms with Crippen LogP contribution in [0.15, 0.2) is 41.9 Å². The molecule has 2 aliphatic rings. The first kappa shape index (κ1) is 28.6. The lowest BCUT2D eigenvalue weighted by Gasteiger charge is -2.37. The van der Waals surface area contributed by atoms with E-state index in [0.717, 1.165) is 5.56 Å². The van der Waals surface area contributed by atoms with Gasteiger partial charge in [-0.2, -0.15) is 0 Å². The number of hydrogen-bond acceptors (Lipinski definition) is 8. The lowest BCUT2D eigenvalue weighted by atomic mass is 10.0. The molecule has 4 rings (SSSR count). The Hall–Kier alpha value is -3.45. The molecule has 2 aliphatic heterocycles. The summed E-state index contributed by atoms with van der Waals surface area (Å²) >= 11 is 2.71. The second-order valence-electron chi connectivity index (χ2n) is 9.43. The molecule has 0 saturated carbocycles. The topological polar surface area (TPSA) is 164 Å². The number of aromatic nitrogens is 1. The largest absolute Gasteiger partial charge is 0.352 e. The number of nitrogens with one attached hydrogen (secondary N) is 3. The number of rotatable bonds is 12. The second kappa shape index (κ2) is 13.6. The van der Waals surface area contributed by atoms with Gasteiger partial charge in [-0.3, -0.25) is 19.2 Å². The van der Waals surface area contributed by atoms with Crippen molar-refractivity contribution in [2.45, 2.75) is 62.0 Å². The number of aryl methyl sites for hydroxylation is 1. The molecule has 0 radical (unpaired) electrons. The first-order valence-corrected chi connectivity index (χ1v) is 14.8. The molecule has 13 heteroatoms. The molecule has 4 atom stereocenters. The molecule has 3 heterocycles. The number of primary amides is 1. The van der Waals surface area contributed by atoms with Crippen molar-refractivity contribution in [1.29, 1.82) is 0 Å². The van der Waals surface area contributed by atoms with Crippen molar-refractivity contribution in [1.82, 2.24) is 25.8 Å². The highest BCUT2D eigenvalue weighted by Crippen LogP contribution is 2.36. The normalized spacial score (nSPS) is 21.1. The van der Waals surface area contributed by atoms with E-state index in [9.17, 15) is 24.0 Å². The number of thiazole rings is 1. The van der Waals surface area contributed by atoms with Crippen LogP contribution in [0.4, 0.5) is 4.79 Å². The van der Waals surface area contributed by atoms with E-state index in [4.69, 9.17) is 5.73 Å². The Labute approximate surface area is 234 Å². The third-order valence-corrected chi connectivity index (χ3v) is 8.86. The van der Waals surface area contributed by atoms with Crippen LogP contribution in [0, 0.1) is 0 Å². The van der Waals surface area contributed by atoms with E-state index in [-0.39, 0.29) is 47.4 Å². The summed E-state index contributed by atoms with van der Waals surface area (Å²) in [6, 6.07) is 6.68. The molecule has 5 amide bonds. The fourth-order valence-electron chi connectivity index (χ4n) is 4.75. The molecule has 1 aromatic carbocycles. The summed E-state index contributed by atoms with van der Waals surface area (Å²) in [5.41, 5.74) is 6.15. The second-order valence-corrected chi connectivity index (χ2v) is 11.5. The van der Waals surface area contributed by atoms with Crippen molar-refractivity contribution in [2.24, 2.45) is 5.73 Å². The number of benzene rings is 1. The third-order valence-electron chi connectivity index (χ3n) is 6.71. The first-order valence-electron chi connectivity index (χ1n) is 12.9. The maximum absolute atomic E-state index is 13.4. The quantitative estimate of drug-likeness (QED) is 0.221. The summed E-state index contributed by atoms with van der Waals surface area (Å²) in [4.78, 5) is 69.1. The van der Waals surface area contributed by atoms with Crippen LogP contribution in [0.2, 0.25) is 0 Å². The Balaban J connectivity index is 1.37. The number of carbonyl (C=O) groups excluding carboxylic acids is 5. The van der Waals surface area contributed by atoms with E-state index < -0.39 is 30.1 Å². The van der Waals surface area contributed by atoms with Crippen molar-refractivity contribution in [3.05, 3.63) is 52.5 Å². The molecular weight excluding hydrogens is 540 g/mol. The van der Waals surface area contributed by atoms with Gasteiger partial charge < -0.3 is 26.6 Å². The highest BCUT2D eigenvalue weighted by Gasteiger charge is 2.47. The zero-order valence-corrected chi connectivity index (χ0v) is 23.0. The van der Waals surface area contributed by atoms with Crippen molar-refractivity contribution >= 4 is 52.6 Å². The van der Waals surface area contributed by atoms with Crippen LogP contribution in [0.5, 0.6) is 0 Å². The minimum atomic E-state index is -0.865. The summed E-state index contributed by atoms with van der Waals surface area (Å²) in [5.74, 6) is -0.835. The van der Waals surface area contributed by atoms with Gasteiger partial charge in [-0.25, -0.2) is 9.78 Å². The lowest BCUT2D eigenvalue weighted by Crippen LogP contribution is -2.60. The van der Waals surface area contributed by atoms with Crippen molar-refractivity contribution in [3.63, 3.8) is 0 Å². The lowest BCUT2D eigenvalue weighted by molar-refractivity contribution is -0.145. The number of piperidine rings is 1. The average Bonchev–Trinajstić information content (AvgIpc) is 3.62. The Kier molecular flexibility index (Phi) is 9.93. The summed E-state index contributed by atoms with van der Waals surface area (Å²) in [6.07, 6.45) is 4.20. The molecule has 0 bridgehead atoms. The van der Waals surface area contributed by atoms with E-state index in [2.05, 4.69) is 20.9 Å². The van der Waals surface area contributed by atoms with Crippen LogP contribution < -0.4 is 21.7 Å². The molecule has 1 aromatic heterocycles. The van der Waals surface area contributed by atoms with Crippen LogP contribution in [0.25, 0.3) is 0 Å². The van der Waals surface area contributed by atoms with Gasteiger partial charge in [0, 0.05) is 30.3 Å². The summed E-state index contributed by atoms with van der Waals surface area (Å²) in [7, 11) is 0.